The largest absolute Gasteiger partial charge is 0.370 e. The summed E-state index contributed by atoms with van der Waals surface area (Å²) in [5, 5.41) is 3.22. The minimum atomic E-state index is 0.724. The van der Waals surface area contributed by atoms with Gasteiger partial charge in [0.05, 0.1) is 0 Å². The molecule has 2 rings (SSSR count). The van der Waals surface area contributed by atoms with Crippen molar-refractivity contribution in [3.63, 3.8) is 0 Å². The standard InChI is InChI=1S/C17H29N3/c1-5-19(6-2)16-9-10-20(13-16)17-8-7-15(12-18-4)11-14(17)3/h7-8,11,16,18H,5-6,9-10,12-13H2,1-4H3. The van der Waals surface area contributed by atoms with Crippen molar-refractivity contribution in [2.24, 2.45) is 0 Å². The summed E-state index contributed by atoms with van der Waals surface area (Å²) in [6, 6.07) is 7.59. The Morgan fingerprint density at radius 2 is 2.05 bits per heavy atom. The Bertz CT molecular complexity index is 426. The van der Waals surface area contributed by atoms with E-state index in [0.717, 1.165) is 25.7 Å². The minimum absolute atomic E-state index is 0.724. The van der Waals surface area contributed by atoms with Gasteiger partial charge in [0.1, 0.15) is 0 Å². The first-order chi connectivity index (χ1) is 9.69. The van der Waals surface area contributed by atoms with Gasteiger partial charge in [0.2, 0.25) is 0 Å². The molecule has 1 aromatic rings. The van der Waals surface area contributed by atoms with E-state index in [4.69, 9.17) is 0 Å². The van der Waals surface area contributed by atoms with Crippen LogP contribution in [0.4, 0.5) is 5.69 Å². The Morgan fingerprint density at radius 3 is 2.65 bits per heavy atom. The number of nitrogens with one attached hydrogen (secondary N) is 1. The third-order valence-electron chi connectivity index (χ3n) is 4.47. The van der Waals surface area contributed by atoms with Crippen LogP contribution in [0.25, 0.3) is 0 Å². The Hall–Kier alpha value is -1.06. The second-order valence-corrected chi connectivity index (χ2v) is 5.76. The highest BCUT2D eigenvalue weighted by atomic mass is 15.2. The smallest absolute Gasteiger partial charge is 0.0396 e. The summed E-state index contributed by atoms with van der Waals surface area (Å²) >= 11 is 0. The molecule has 0 aromatic heterocycles. The van der Waals surface area contributed by atoms with Crippen LogP contribution in [0.2, 0.25) is 0 Å². The maximum absolute atomic E-state index is 3.22. The van der Waals surface area contributed by atoms with Crippen LogP contribution >= 0.6 is 0 Å². The summed E-state index contributed by atoms with van der Waals surface area (Å²) in [6.07, 6.45) is 1.29. The fourth-order valence-electron chi connectivity index (χ4n) is 3.39. The van der Waals surface area contributed by atoms with Crippen molar-refractivity contribution >= 4 is 5.69 Å². The maximum Gasteiger partial charge on any atom is 0.0396 e. The Labute approximate surface area is 124 Å². The van der Waals surface area contributed by atoms with Gasteiger partial charge in [-0.05, 0) is 50.7 Å². The van der Waals surface area contributed by atoms with Gasteiger partial charge in [-0.15, -0.1) is 0 Å². The zero-order chi connectivity index (χ0) is 14.5. The first kappa shape index (κ1) is 15.3. The van der Waals surface area contributed by atoms with Gasteiger partial charge < -0.3 is 10.2 Å². The fourth-order valence-corrected chi connectivity index (χ4v) is 3.39. The molecule has 112 valence electrons. The molecule has 0 saturated carbocycles. The van der Waals surface area contributed by atoms with Crippen molar-refractivity contribution in [2.45, 2.75) is 39.8 Å². The topological polar surface area (TPSA) is 18.5 Å². The number of hydrogen-bond donors (Lipinski definition) is 1. The highest BCUT2D eigenvalue weighted by Gasteiger charge is 2.26. The molecule has 1 aliphatic rings. The lowest BCUT2D eigenvalue weighted by molar-refractivity contribution is 0.232. The third-order valence-corrected chi connectivity index (χ3v) is 4.47. The second-order valence-electron chi connectivity index (χ2n) is 5.76. The number of anilines is 1. The van der Waals surface area contributed by atoms with E-state index in [9.17, 15) is 0 Å². The van der Waals surface area contributed by atoms with Crippen LogP contribution in [-0.2, 0) is 6.54 Å². The van der Waals surface area contributed by atoms with E-state index in [0.29, 0.717) is 0 Å². The molecule has 1 saturated heterocycles. The van der Waals surface area contributed by atoms with Crippen molar-refractivity contribution in [3.8, 4) is 0 Å². The van der Waals surface area contributed by atoms with Gasteiger partial charge in [-0.2, -0.15) is 0 Å². The molecule has 1 heterocycles. The fraction of sp³-hybridized carbons (Fsp3) is 0.647. The van der Waals surface area contributed by atoms with Crippen molar-refractivity contribution in [2.75, 3.05) is 38.1 Å². The summed E-state index contributed by atoms with van der Waals surface area (Å²) in [6.45, 7) is 12.4. The third kappa shape index (κ3) is 3.33. The van der Waals surface area contributed by atoms with Crippen molar-refractivity contribution in [1.29, 1.82) is 0 Å². The van der Waals surface area contributed by atoms with Crippen molar-refractivity contribution < 1.29 is 0 Å². The summed E-state index contributed by atoms with van der Waals surface area (Å²) in [7, 11) is 2.00. The van der Waals surface area contributed by atoms with Crippen molar-refractivity contribution in [1.82, 2.24) is 10.2 Å². The molecular formula is C17H29N3. The van der Waals surface area contributed by atoms with Crippen LogP contribution in [0.15, 0.2) is 18.2 Å². The number of benzene rings is 1. The molecular weight excluding hydrogens is 246 g/mol. The number of nitrogens with zero attached hydrogens (tertiary/aromatic N) is 2. The lowest BCUT2D eigenvalue weighted by Crippen LogP contribution is -2.37. The minimum Gasteiger partial charge on any atom is -0.370 e. The van der Waals surface area contributed by atoms with E-state index in [1.807, 2.05) is 7.05 Å². The zero-order valence-corrected chi connectivity index (χ0v) is 13.4. The Balaban J connectivity index is 2.06. The van der Waals surface area contributed by atoms with E-state index >= 15 is 0 Å². The van der Waals surface area contributed by atoms with Crippen molar-refractivity contribution in [3.05, 3.63) is 29.3 Å². The molecule has 20 heavy (non-hydrogen) atoms. The lowest BCUT2D eigenvalue weighted by Gasteiger charge is -2.27. The second kappa shape index (κ2) is 7.09. The average molecular weight is 275 g/mol. The van der Waals surface area contributed by atoms with Crippen LogP contribution in [-0.4, -0.2) is 44.2 Å². The number of likely N-dealkylation sites (N-methyl/N-ethyl adjacent to an activating group) is 1. The predicted octanol–water partition coefficient (Wildman–Crippen LogP) is 2.63. The molecule has 3 heteroatoms. The van der Waals surface area contributed by atoms with Crippen LogP contribution < -0.4 is 10.2 Å². The molecule has 1 N–H and O–H groups in total. The highest BCUT2D eigenvalue weighted by Crippen LogP contribution is 2.27. The molecule has 0 amide bonds. The van der Waals surface area contributed by atoms with E-state index < -0.39 is 0 Å². The van der Waals surface area contributed by atoms with Gasteiger partial charge in [0.25, 0.3) is 0 Å². The maximum atomic E-state index is 3.22. The molecule has 0 spiro atoms. The number of hydrogen-bond acceptors (Lipinski definition) is 3. The molecule has 1 fully saturated rings. The van der Waals surface area contributed by atoms with Gasteiger partial charge in [-0.3, -0.25) is 4.90 Å². The summed E-state index contributed by atoms with van der Waals surface area (Å²) in [4.78, 5) is 5.15. The van der Waals surface area contributed by atoms with Gasteiger partial charge in [-0.25, -0.2) is 0 Å². The average Bonchev–Trinajstić information content (AvgIpc) is 2.90. The first-order valence-corrected chi connectivity index (χ1v) is 7.92. The Kier molecular flexibility index (Phi) is 5.44. The lowest BCUT2D eigenvalue weighted by atomic mass is 10.1. The molecule has 1 atom stereocenters. The van der Waals surface area contributed by atoms with Crippen LogP contribution in [0.3, 0.4) is 0 Å². The summed E-state index contributed by atoms with van der Waals surface area (Å²) in [5.41, 5.74) is 4.19. The zero-order valence-electron chi connectivity index (χ0n) is 13.4. The monoisotopic (exact) mass is 275 g/mol. The predicted molar refractivity (Wildman–Crippen MR) is 87.5 cm³/mol. The quantitative estimate of drug-likeness (QED) is 0.861. The first-order valence-electron chi connectivity index (χ1n) is 7.92. The Morgan fingerprint density at radius 1 is 1.30 bits per heavy atom. The van der Waals surface area contributed by atoms with Gasteiger partial charge in [0, 0.05) is 31.4 Å². The van der Waals surface area contributed by atoms with Crippen LogP contribution in [0.1, 0.15) is 31.4 Å². The SMILES string of the molecule is CCN(CC)C1CCN(c2ccc(CNC)cc2C)C1. The number of rotatable bonds is 6. The molecule has 1 unspecified atom stereocenters. The summed E-state index contributed by atoms with van der Waals surface area (Å²) in [5.74, 6) is 0. The van der Waals surface area contributed by atoms with E-state index in [2.05, 4.69) is 54.1 Å². The molecule has 0 bridgehead atoms. The molecule has 1 aliphatic heterocycles. The molecule has 1 aromatic carbocycles. The highest BCUT2D eigenvalue weighted by molar-refractivity contribution is 5.55. The van der Waals surface area contributed by atoms with E-state index in [1.165, 1.54) is 36.3 Å². The normalized spacial score (nSPS) is 19.1. The van der Waals surface area contributed by atoms with Gasteiger partial charge in [-0.1, -0.05) is 26.0 Å². The molecule has 0 radical (unpaired) electrons. The van der Waals surface area contributed by atoms with E-state index in [1.54, 1.807) is 0 Å². The number of aryl methyl sites for hydroxylation is 1. The van der Waals surface area contributed by atoms with Crippen LogP contribution in [0, 0.1) is 6.92 Å². The van der Waals surface area contributed by atoms with Crippen LogP contribution in [0.5, 0.6) is 0 Å². The van der Waals surface area contributed by atoms with E-state index in [-0.39, 0.29) is 0 Å². The van der Waals surface area contributed by atoms with Gasteiger partial charge >= 0.3 is 0 Å². The van der Waals surface area contributed by atoms with Gasteiger partial charge in [0.15, 0.2) is 0 Å². The molecule has 0 aliphatic carbocycles. The summed E-state index contributed by atoms with van der Waals surface area (Å²) < 4.78 is 0. The molecule has 3 nitrogen and oxygen atoms in total.